The number of aliphatic hydroxyl groups excluding tert-OH is 1. The smallest absolute Gasteiger partial charge is 0.243 e. The zero-order chi connectivity index (χ0) is 15.5. The molecular formula is C18H27NO2. The first-order chi connectivity index (χ1) is 10.1. The van der Waals surface area contributed by atoms with Gasteiger partial charge in [0.05, 0.1) is 6.10 Å². The Hall–Kier alpha value is -1.61. The zero-order valence-electron chi connectivity index (χ0n) is 13.1. The van der Waals surface area contributed by atoms with E-state index in [9.17, 15) is 9.90 Å². The second-order valence-electron chi connectivity index (χ2n) is 5.59. The van der Waals surface area contributed by atoms with Crippen molar-refractivity contribution in [3.8, 4) is 0 Å². The van der Waals surface area contributed by atoms with Gasteiger partial charge in [-0.1, -0.05) is 43.3 Å². The molecule has 0 aliphatic rings. The summed E-state index contributed by atoms with van der Waals surface area (Å²) in [6.07, 6.45) is 6.89. The van der Waals surface area contributed by atoms with Gasteiger partial charge in [0, 0.05) is 6.54 Å². The van der Waals surface area contributed by atoms with Gasteiger partial charge in [0.15, 0.2) is 0 Å². The number of hydrogen-bond acceptors (Lipinski definition) is 2. The van der Waals surface area contributed by atoms with Crippen molar-refractivity contribution < 1.29 is 9.90 Å². The summed E-state index contributed by atoms with van der Waals surface area (Å²) in [6.45, 7) is 4.45. The quantitative estimate of drug-likeness (QED) is 0.542. The molecule has 2 N–H and O–H groups in total. The summed E-state index contributed by atoms with van der Waals surface area (Å²) in [4.78, 5) is 11.6. The lowest BCUT2D eigenvalue weighted by Gasteiger charge is -2.11. The maximum Gasteiger partial charge on any atom is 0.243 e. The van der Waals surface area contributed by atoms with Gasteiger partial charge in [-0.05, 0) is 50.2 Å². The first-order valence-electron chi connectivity index (χ1n) is 7.76. The fourth-order valence-electron chi connectivity index (χ4n) is 1.96. The highest BCUT2D eigenvalue weighted by atomic mass is 16.3. The van der Waals surface area contributed by atoms with Gasteiger partial charge in [0.2, 0.25) is 5.91 Å². The topological polar surface area (TPSA) is 49.3 Å². The third-order valence-electron chi connectivity index (χ3n) is 3.63. The highest BCUT2D eigenvalue weighted by Crippen LogP contribution is 2.07. The van der Waals surface area contributed by atoms with Crippen molar-refractivity contribution in [3.05, 3.63) is 48.0 Å². The van der Waals surface area contributed by atoms with Crippen molar-refractivity contribution in [2.45, 2.75) is 45.6 Å². The highest BCUT2D eigenvalue weighted by molar-refractivity contribution is 5.87. The van der Waals surface area contributed by atoms with Crippen LogP contribution in [-0.4, -0.2) is 23.7 Å². The van der Waals surface area contributed by atoms with Crippen molar-refractivity contribution in [2.75, 3.05) is 6.54 Å². The molecule has 0 fully saturated rings. The molecule has 2 atom stereocenters. The molecule has 1 amide bonds. The Labute approximate surface area is 128 Å². The van der Waals surface area contributed by atoms with E-state index in [4.69, 9.17) is 0 Å². The van der Waals surface area contributed by atoms with Crippen molar-refractivity contribution in [1.29, 1.82) is 0 Å². The van der Waals surface area contributed by atoms with Crippen molar-refractivity contribution >= 4 is 5.91 Å². The van der Waals surface area contributed by atoms with Gasteiger partial charge in [0.1, 0.15) is 0 Å². The molecule has 0 spiro atoms. The van der Waals surface area contributed by atoms with Crippen LogP contribution in [0.15, 0.2) is 42.5 Å². The van der Waals surface area contributed by atoms with Crippen molar-refractivity contribution in [1.82, 2.24) is 5.32 Å². The predicted octanol–water partition coefficient (Wildman–Crippen LogP) is 3.09. The zero-order valence-corrected chi connectivity index (χ0v) is 13.1. The molecule has 3 nitrogen and oxygen atoms in total. The molecule has 0 heterocycles. The van der Waals surface area contributed by atoms with Crippen LogP contribution in [0, 0.1) is 5.92 Å². The maximum atomic E-state index is 11.6. The first-order valence-corrected chi connectivity index (χ1v) is 7.76. The fraction of sp³-hybridized carbons (Fsp3) is 0.500. The van der Waals surface area contributed by atoms with Crippen LogP contribution in [-0.2, 0) is 11.2 Å². The summed E-state index contributed by atoms with van der Waals surface area (Å²) in [5.74, 6) is 0.132. The van der Waals surface area contributed by atoms with Crippen LogP contribution in [0.1, 0.15) is 38.7 Å². The molecule has 0 bridgehead atoms. The number of aryl methyl sites for hydroxylation is 1. The van der Waals surface area contributed by atoms with E-state index in [2.05, 4.69) is 29.6 Å². The summed E-state index contributed by atoms with van der Waals surface area (Å²) in [5, 5.41) is 12.2. The number of carbonyl (C=O) groups excluding carboxylic acids is 1. The number of hydrogen-bond donors (Lipinski definition) is 2. The SMILES string of the molecule is C[C@H](O)[C@H](C)C/C=C/C(=O)NCCCCc1ccccc1. The van der Waals surface area contributed by atoms with Crippen molar-refractivity contribution in [3.63, 3.8) is 0 Å². The maximum absolute atomic E-state index is 11.6. The molecule has 0 aromatic heterocycles. The predicted molar refractivity (Wildman–Crippen MR) is 87.0 cm³/mol. The summed E-state index contributed by atoms with van der Waals surface area (Å²) >= 11 is 0. The van der Waals surface area contributed by atoms with E-state index >= 15 is 0 Å². The highest BCUT2D eigenvalue weighted by Gasteiger charge is 2.05. The van der Waals surface area contributed by atoms with Gasteiger partial charge in [-0.3, -0.25) is 4.79 Å². The Kier molecular flexibility index (Phi) is 8.44. The molecule has 1 rings (SSSR count). The molecule has 0 radical (unpaired) electrons. The standard InChI is InChI=1S/C18H27NO2/c1-15(16(2)20)9-8-13-18(21)19-14-7-6-12-17-10-4-3-5-11-17/h3-5,8,10-11,13,15-16,20H,6-7,9,12,14H2,1-2H3,(H,19,21)/b13-8+/t15-,16+/m1/s1. The van der Waals surface area contributed by atoms with E-state index in [1.807, 2.05) is 19.1 Å². The average Bonchev–Trinajstić information content (AvgIpc) is 2.47. The monoisotopic (exact) mass is 289 g/mol. The number of amides is 1. The van der Waals surface area contributed by atoms with Crippen LogP contribution in [0.3, 0.4) is 0 Å². The average molecular weight is 289 g/mol. The van der Waals surface area contributed by atoms with E-state index in [1.165, 1.54) is 5.56 Å². The lowest BCUT2D eigenvalue weighted by atomic mass is 10.0. The molecule has 0 aliphatic heterocycles. The van der Waals surface area contributed by atoms with Crippen molar-refractivity contribution in [2.24, 2.45) is 5.92 Å². The molecule has 1 aromatic rings. The minimum absolute atomic E-state index is 0.0486. The van der Waals surface area contributed by atoms with Crippen LogP contribution < -0.4 is 5.32 Å². The van der Waals surface area contributed by atoms with Gasteiger partial charge in [-0.15, -0.1) is 0 Å². The number of aliphatic hydroxyl groups is 1. The summed E-state index contributed by atoms with van der Waals surface area (Å²) < 4.78 is 0. The van der Waals surface area contributed by atoms with Gasteiger partial charge in [0.25, 0.3) is 0 Å². The Morgan fingerprint density at radius 2 is 1.95 bits per heavy atom. The molecule has 0 saturated heterocycles. The summed E-state index contributed by atoms with van der Waals surface area (Å²) in [7, 11) is 0. The van der Waals surface area contributed by atoms with E-state index in [0.717, 1.165) is 25.7 Å². The number of carbonyl (C=O) groups is 1. The second kappa shape index (κ2) is 10.2. The molecule has 116 valence electrons. The van der Waals surface area contributed by atoms with E-state index in [-0.39, 0.29) is 17.9 Å². The lowest BCUT2D eigenvalue weighted by molar-refractivity contribution is -0.116. The number of unbranched alkanes of at least 4 members (excludes halogenated alkanes) is 1. The Morgan fingerprint density at radius 1 is 1.24 bits per heavy atom. The molecule has 0 aliphatic carbocycles. The first kappa shape index (κ1) is 17.4. The largest absolute Gasteiger partial charge is 0.393 e. The van der Waals surface area contributed by atoms with Gasteiger partial charge in [-0.2, -0.15) is 0 Å². The molecule has 21 heavy (non-hydrogen) atoms. The molecule has 0 saturated carbocycles. The third kappa shape index (κ3) is 8.30. The number of allylic oxidation sites excluding steroid dienone is 1. The van der Waals surface area contributed by atoms with Gasteiger partial charge >= 0.3 is 0 Å². The van der Waals surface area contributed by atoms with Crippen LogP contribution in [0.5, 0.6) is 0 Å². The van der Waals surface area contributed by atoms with Crippen LogP contribution in [0.4, 0.5) is 0 Å². The fourth-order valence-corrected chi connectivity index (χ4v) is 1.96. The minimum Gasteiger partial charge on any atom is -0.393 e. The molecule has 0 unspecified atom stereocenters. The van der Waals surface area contributed by atoms with E-state index < -0.39 is 0 Å². The third-order valence-corrected chi connectivity index (χ3v) is 3.63. The summed E-state index contributed by atoms with van der Waals surface area (Å²) in [5.41, 5.74) is 1.34. The Bertz CT molecular complexity index is 426. The number of rotatable bonds is 9. The summed E-state index contributed by atoms with van der Waals surface area (Å²) in [6, 6.07) is 10.4. The van der Waals surface area contributed by atoms with E-state index in [0.29, 0.717) is 6.54 Å². The number of nitrogens with one attached hydrogen (secondary N) is 1. The van der Waals surface area contributed by atoms with Gasteiger partial charge < -0.3 is 10.4 Å². The number of benzene rings is 1. The Morgan fingerprint density at radius 3 is 2.62 bits per heavy atom. The molecule has 3 heteroatoms. The van der Waals surface area contributed by atoms with Crippen LogP contribution in [0.25, 0.3) is 0 Å². The minimum atomic E-state index is -0.337. The Balaban J connectivity index is 2.07. The van der Waals surface area contributed by atoms with Crippen LogP contribution >= 0.6 is 0 Å². The van der Waals surface area contributed by atoms with Crippen LogP contribution in [0.2, 0.25) is 0 Å². The second-order valence-corrected chi connectivity index (χ2v) is 5.59. The lowest BCUT2D eigenvalue weighted by Crippen LogP contribution is -2.22. The van der Waals surface area contributed by atoms with E-state index in [1.54, 1.807) is 13.0 Å². The molecule has 1 aromatic carbocycles. The molecular weight excluding hydrogens is 262 g/mol. The normalized spacial score (nSPS) is 14.0. The van der Waals surface area contributed by atoms with Gasteiger partial charge in [-0.25, -0.2) is 0 Å².